The zero-order chi connectivity index (χ0) is 22.1. The summed E-state index contributed by atoms with van der Waals surface area (Å²) in [6.45, 7) is 3.92. The number of carbonyl (C=O) groups is 2. The Morgan fingerprint density at radius 2 is 1.65 bits per heavy atom. The highest BCUT2D eigenvalue weighted by Gasteiger charge is 2.40. The van der Waals surface area contributed by atoms with Gasteiger partial charge in [-0.15, -0.1) is 0 Å². The maximum absolute atomic E-state index is 13.5. The van der Waals surface area contributed by atoms with Crippen molar-refractivity contribution in [3.8, 4) is 5.75 Å². The second-order valence-electron chi connectivity index (χ2n) is 7.35. The third-order valence-corrected chi connectivity index (χ3v) is 5.40. The molecule has 5 nitrogen and oxygen atoms in total. The van der Waals surface area contributed by atoms with Crippen LogP contribution in [0.3, 0.4) is 0 Å². The lowest BCUT2D eigenvalue weighted by Crippen LogP contribution is -2.32. The monoisotopic (exact) mass is 432 g/mol. The van der Waals surface area contributed by atoms with Crippen molar-refractivity contribution < 1.29 is 14.3 Å². The lowest BCUT2D eigenvalue weighted by molar-refractivity contribution is -0.120. The molecular formula is C25H21ClN2O3. The summed E-state index contributed by atoms with van der Waals surface area (Å²) in [7, 11) is 1.59. The number of benzene rings is 3. The fourth-order valence-corrected chi connectivity index (χ4v) is 3.84. The lowest BCUT2D eigenvalue weighted by atomic mass is 9.97. The van der Waals surface area contributed by atoms with E-state index in [0.717, 1.165) is 16.0 Å². The van der Waals surface area contributed by atoms with E-state index in [4.69, 9.17) is 16.3 Å². The van der Waals surface area contributed by atoms with E-state index in [0.29, 0.717) is 33.3 Å². The van der Waals surface area contributed by atoms with Crippen molar-refractivity contribution in [3.05, 3.63) is 94.1 Å². The number of halogens is 1. The molecule has 3 aromatic carbocycles. The average Bonchev–Trinajstić information content (AvgIpc) is 2.98. The zero-order valence-electron chi connectivity index (χ0n) is 17.4. The number of ether oxygens (including phenoxy) is 1. The molecule has 156 valence electrons. The van der Waals surface area contributed by atoms with Crippen LogP contribution in [0.4, 0.5) is 11.4 Å². The highest BCUT2D eigenvalue weighted by Crippen LogP contribution is 2.36. The Labute approximate surface area is 185 Å². The van der Waals surface area contributed by atoms with Crippen molar-refractivity contribution in [3.63, 3.8) is 0 Å². The van der Waals surface area contributed by atoms with E-state index in [2.05, 4.69) is 5.32 Å². The topological polar surface area (TPSA) is 58.6 Å². The van der Waals surface area contributed by atoms with Crippen LogP contribution in [-0.2, 0) is 9.59 Å². The quantitative estimate of drug-likeness (QED) is 0.551. The third-order valence-electron chi connectivity index (χ3n) is 5.16. The van der Waals surface area contributed by atoms with Crippen molar-refractivity contribution in [1.82, 2.24) is 0 Å². The van der Waals surface area contributed by atoms with Gasteiger partial charge in [0.15, 0.2) is 0 Å². The molecule has 3 aromatic rings. The number of rotatable bonds is 5. The molecule has 1 N–H and O–H groups in total. The Bertz CT molecular complexity index is 1220. The summed E-state index contributed by atoms with van der Waals surface area (Å²) in [5.74, 6) is -0.128. The molecule has 31 heavy (non-hydrogen) atoms. The summed E-state index contributed by atoms with van der Waals surface area (Å²) < 4.78 is 5.20. The highest BCUT2D eigenvalue weighted by molar-refractivity contribution is 6.46. The van der Waals surface area contributed by atoms with E-state index in [-0.39, 0.29) is 5.70 Å². The van der Waals surface area contributed by atoms with Crippen LogP contribution >= 0.6 is 11.6 Å². The third kappa shape index (κ3) is 3.92. The minimum absolute atomic E-state index is 0.224. The first kappa shape index (κ1) is 20.7. The summed E-state index contributed by atoms with van der Waals surface area (Å²) >= 11 is 6.12. The standard InChI is InChI=1S/C25H21ClN2O3/c1-15-7-12-21(16(2)13-15)22-23(27-18-8-10-20(31-3)11-9-18)25(30)28(24(22)29)19-6-4-5-17(26)14-19/h4-14,27H,1-3H3. The summed E-state index contributed by atoms with van der Waals surface area (Å²) in [5, 5.41) is 3.60. The van der Waals surface area contributed by atoms with Crippen molar-refractivity contribution in [2.75, 3.05) is 17.3 Å². The zero-order valence-corrected chi connectivity index (χ0v) is 18.2. The maximum Gasteiger partial charge on any atom is 0.282 e. The van der Waals surface area contributed by atoms with Crippen molar-refractivity contribution in [2.45, 2.75) is 13.8 Å². The molecule has 0 atom stereocenters. The first-order valence-electron chi connectivity index (χ1n) is 9.76. The van der Waals surface area contributed by atoms with E-state index in [1.54, 1.807) is 55.6 Å². The summed E-state index contributed by atoms with van der Waals surface area (Å²) in [4.78, 5) is 28.1. The smallest absolute Gasteiger partial charge is 0.282 e. The average molecular weight is 433 g/mol. The van der Waals surface area contributed by atoms with E-state index in [9.17, 15) is 9.59 Å². The van der Waals surface area contributed by atoms with Gasteiger partial charge in [-0.2, -0.15) is 0 Å². The van der Waals surface area contributed by atoms with E-state index in [1.165, 1.54) is 0 Å². The van der Waals surface area contributed by atoms with E-state index >= 15 is 0 Å². The molecule has 0 spiro atoms. The number of nitrogens with one attached hydrogen (secondary N) is 1. The number of hydrogen-bond donors (Lipinski definition) is 1. The number of nitrogens with zero attached hydrogens (tertiary/aromatic N) is 1. The van der Waals surface area contributed by atoms with Gasteiger partial charge in [0, 0.05) is 10.7 Å². The Morgan fingerprint density at radius 1 is 0.903 bits per heavy atom. The molecule has 0 bridgehead atoms. The fraction of sp³-hybridized carbons (Fsp3) is 0.120. The van der Waals surface area contributed by atoms with Crippen molar-refractivity contribution >= 4 is 40.4 Å². The Hall–Kier alpha value is -3.57. The molecule has 0 saturated heterocycles. The molecule has 1 aliphatic rings. The second kappa shape index (κ2) is 8.28. The van der Waals surface area contributed by atoms with Gasteiger partial charge in [-0.25, -0.2) is 4.90 Å². The highest BCUT2D eigenvalue weighted by atomic mass is 35.5. The van der Waals surface area contributed by atoms with Crippen LogP contribution in [-0.4, -0.2) is 18.9 Å². The van der Waals surface area contributed by atoms with Crippen molar-refractivity contribution in [2.24, 2.45) is 0 Å². The molecule has 0 aromatic heterocycles. The molecule has 0 fully saturated rings. The van der Waals surface area contributed by atoms with Gasteiger partial charge in [0.2, 0.25) is 0 Å². The minimum Gasteiger partial charge on any atom is -0.497 e. The number of imide groups is 1. The number of anilines is 2. The van der Waals surface area contributed by atoms with Crippen LogP contribution in [0.5, 0.6) is 5.75 Å². The molecule has 0 unspecified atom stereocenters. The van der Waals surface area contributed by atoms with Crippen LogP contribution in [0.2, 0.25) is 5.02 Å². The number of carbonyl (C=O) groups excluding carboxylic acids is 2. The van der Waals surface area contributed by atoms with E-state index < -0.39 is 11.8 Å². The summed E-state index contributed by atoms with van der Waals surface area (Å²) in [5.41, 5.74) is 4.36. The number of methoxy groups -OCH3 is 1. The molecule has 0 radical (unpaired) electrons. The molecule has 0 aliphatic carbocycles. The molecule has 1 aliphatic heterocycles. The van der Waals surface area contributed by atoms with Crippen molar-refractivity contribution in [1.29, 1.82) is 0 Å². The Morgan fingerprint density at radius 3 is 2.29 bits per heavy atom. The number of aryl methyl sites for hydroxylation is 2. The largest absolute Gasteiger partial charge is 0.497 e. The van der Waals surface area contributed by atoms with Crippen LogP contribution in [0.25, 0.3) is 5.57 Å². The van der Waals surface area contributed by atoms with Gasteiger partial charge in [-0.3, -0.25) is 9.59 Å². The van der Waals surface area contributed by atoms with Gasteiger partial charge in [-0.1, -0.05) is 41.4 Å². The molecule has 1 heterocycles. The second-order valence-corrected chi connectivity index (χ2v) is 7.78. The first-order valence-corrected chi connectivity index (χ1v) is 10.1. The molecule has 2 amide bonds. The Balaban J connectivity index is 1.83. The Kier molecular flexibility index (Phi) is 5.53. The molecular weight excluding hydrogens is 412 g/mol. The lowest BCUT2D eigenvalue weighted by Gasteiger charge is -2.16. The molecule has 0 saturated carbocycles. The molecule has 4 rings (SSSR count). The van der Waals surface area contributed by atoms with Gasteiger partial charge in [0.1, 0.15) is 11.4 Å². The van der Waals surface area contributed by atoms with Gasteiger partial charge in [0.25, 0.3) is 11.8 Å². The SMILES string of the molecule is COc1ccc(NC2=C(c3ccc(C)cc3C)C(=O)N(c3cccc(Cl)c3)C2=O)cc1. The van der Waals surface area contributed by atoms with Crippen LogP contribution in [0.1, 0.15) is 16.7 Å². The van der Waals surface area contributed by atoms with Gasteiger partial charge in [0.05, 0.1) is 18.4 Å². The maximum atomic E-state index is 13.5. The summed E-state index contributed by atoms with van der Waals surface area (Å²) in [6, 6.07) is 19.7. The van der Waals surface area contributed by atoms with E-state index in [1.807, 2.05) is 32.0 Å². The predicted molar refractivity (Wildman–Crippen MR) is 123 cm³/mol. The minimum atomic E-state index is -0.432. The van der Waals surface area contributed by atoms with Gasteiger partial charge >= 0.3 is 0 Å². The van der Waals surface area contributed by atoms with Gasteiger partial charge in [-0.05, 0) is 67.4 Å². The first-order chi connectivity index (χ1) is 14.9. The predicted octanol–water partition coefficient (Wildman–Crippen LogP) is 5.36. The van der Waals surface area contributed by atoms with Gasteiger partial charge < -0.3 is 10.1 Å². The van der Waals surface area contributed by atoms with Crippen LogP contribution < -0.4 is 15.0 Å². The van der Waals surface area contributed by atoms with Crippen LogP contribution in [0, 0.1) is 13.8 Å². The normalized spacial score (nSPS) is 13.7. The summed E-state index contributed by atoms with van der Waals surface area (Å²) in [6.07, 6.45) is 0. The number of amides is 2. The molecule has 6 heteroatoms. The van der Waals surface area contributed by atoms with Crippen LogP contribution in [0.15, 0.2) is 72.4 Å². The fourth-order valence-electron chi connectivity index (χ4n) is 3.66. The number of hydrogen-bond acceptors (Lipinski definition) is 4.